The molecule has 7 heteroatoms. The third kappa shape index (κ3) is 2.98. The lowest BCUT2D eigenvalue weighted by atomic mass is 10.1. The summed E-state index contributed by atoms with van der Waals surface area (Å²) in [7, 11) is -1.32. The Hall–Kier alpha value is -1.53. The summed E-state index contributed by atoms with van der Waals surface area (Å²) in [4.78, 5) is 17.1. The summed E-state index contributed by atoms with van der Waals surface area (Å²) >= 11 is 6.01. The number of rotatable bonds is 3. The number of aromatic nitrogens is 1. The van der Waals surface area contributed by atoms with Gasteiger partial charge in [0.25, 0.3) is 0 Å². The topological polar surface area (TPSA) is 70.2 Å². The van der Waals surface area contributed by atoms with E-state index in [0.29, 0.717) is 11.4 Å². The number of carbonyl (C=O) groups is 1. The Balaban J connectivity index is 1.77. The van der Waals surface area contributed by atoms with Gasteiger partial charge in [0.15, 0.2) is 9.84 Å². The molecule has 22 heavy (non-hydrogen) atoms. The summed E-state index contributed by atoms with van der Waals surface area (Å²) in [5, 5.41) is 1.55. The van der Waals surface area contributed by atoms with Gasteiger partial charge in [0.1, 0.15) is 0 Å². The highest BCUT2D eigenvalue weighted by atomic mass is 35.5. The summed E-state index contributed by atoms with van der Waals surface area (Å²) in [5.41, 5.74) is 1.80. The summed E-state index contributed by atoms with van der Waals surface area (Å²) in [6.07, 6.45) is 2.55. The number of fused-ring (bicyclic) bond motifs is 1. The standard InChI is InChI=1S/C15H17ClN2O3S/c1-18(12-4-5-22(20,21)9-12)15(19)6-10-8-17-14-3-2-11(16)7-13(10)14/h2-3,7-8,12,17H,4-6,9H2,1H3. The van der Waals surface area contributed by atoms with Crippen LogP contribution in [0, 0.1) is 0 Å². The second-order valence-corrected chi connectivity index (χ2v) is 8.41. The third-order valence-electron chi connectivity index (χ3n) is 4.22. The molecule has 1 aromatic heterocycles. The molecule has 0 saturated carbocycles. The van der Waals surface area contributed by atoms with Crippen molar-refractivity contribution in [2.24, 2.45) is 0 Å². The van der Waals surface area contributed by atoms with Crippen molar-refractivity contribution in [3.63, 3.8) is 0 Å². The molecule has 2 heterocycles. The number of amides is 1. The minimum absolute atomic E-state index is 0.0644. The lowest BCUT2D eigenvalue weighted by Crippen LogP contribution is -2.38. The van der Waals surface area contributed by atoms with Crippen LogP contribution in [-0.2, 0) is 21.1 Å². The molecule has 5 nitrogen and oxygen atoms in total. The van der Waals surface area contributed by atoms with E-state index in [1.807, 2.05) is 12.1 Å². The van der Waals surface area contributed by atoms with Gasteiger partial charge in [0, 0.05) is 35.2 Å². The average molecular weight is 341 g/mol. The molecule has 1 aromatic carbocycles. The number of nitrogens with zero attached hydrogens (tertiary/aromatic N) is 1. The van der Waals surface area contributed by atoms with Crippen molar-refractivity contribution in [1.29, 1.82) is 0 Å². The number of benzene rings is 1. The molecule has 0 spiro atoms. The molecule has 1 amide bonds. The van der Waals surface area contributed by atoms with Gasteiger partial charge in [-0.3, -0.25) is 4.79 Å². The van der Waals surface area contributed by atoms with Gasteiger partial charge < -0.3 is 9.88 Å². The van der Waals surface area contributed by atoms with Gasteiger partial charge in [-0.2, -0.15) is 0 Å². The number of hydrogen-bond acceptors (Lipinski definition) is 3. The van der Waals surface area contributed by atoms with E-state index in [1.54, 1.807) is 24.2 Å². The minimum Gasteiger partial charge on any atom is -0.361 e. The Morgan fingerprint density at radius 1 is 1.45 bits per heavy atom. The van der Waals surface area contributed by atoms with E-state index < -0.39 is 9.84 Å². The lowest BCUT2D eigenvalue weighted by Gasteiger charge is -2.23. The smallest absolute Gasteiger partial charge is 0.227 e. The molecule has 118 valence electrons. The Morgan fingerprint density at radius 2 is 2.23 bits per heavy atom. The molecule has 0 bridgehead atoms. The number of hydrogen-bond donors (Lipinski definition) is 1. The Labute approximate surface area is 134 Å². The van der Waals surface area contributed by atoms with Crippen LogP contribution in [-0.4, -0.2) is 48.8 Å². The molecule has 1 N–H and O–H groups in total. The maximum atomic E-state index is 12.4. The molecule has 1 aliphatic rings. The Kier molecular flexibility index (Phi) is 3.91. The van der Waals surface area contributed by atoms with Crippen LogP contribution in [0.4, 0.5) is 0 Å². The van der Waals surface area contributed by atoms with E-state index in [2.05, 4.69) is 4.98 Å². The molecule has 1 fully saturated rings. The first-order valence-electron chi connectivity index (χ1n) is 7.07. The number of aromatic amines is 1. The van der Waals surface area contributed by atoms with Crippen LogP contribution in [0.1, 0.15) is 12.0 Å². The highest BCUT2D eigenvalue weighted by Gasteiger charge is 2.32. The fourth-order valence-electron chi connectivity index (χ4n) is 2.87. The van der Waals surface area contributed by atoms with Crippen LogP contribution in [0.3, 0.4) is 0 Å². The van der Waals surface area contributed by atoms with Crippen molar-refractivity contribution in [3.05, 3.63) is 35.0 Å². The number of nitrogens with one attached hydrogen (secondary N) is 1. The number of likely N-dealkylation sites (N-methyl/N-ethyl adjacent to an activating group) is 1. The van der Waals surface area contributed by atoms with E-state index >= 15 is 0 Å². The first kappa shape index (κ1) is 15.4. The van der Waals surface area contributed by atoms with Crippen LogP contribution in [0.15, 0.2) is 24.4 Å². The zero-order valence-corrected chi connectivity index (χ0v) is 13.7. The minimum atomic E-state index is -2.99. The first-order valence-corrected chi connectivity index (χ1v) is 9.27. The van der Waals surface area contributed by atoms with Crippen LogP contribution in [0.2, 0.25) is 5.02 Å². The van der Waals surface area contributed by atoms with E-state index in [0.717, 1.165) is 16.5 Å². The van der Waals surface area contributed by atoms with Gasteiger partial charge in [-0.05, 0) is 30.2 Å². The fraction of sp³-hybridized carbons (Fsp3) is 0.400. The van der Waals surface area contributed by atoms with Crippen LogP contribution >= 0.6 is 11.6 Å². The molecule has 1 atom stereocenters. The Morgan fingerprint density at radius 3 is 2.91 bits per heavy atom. The number of carbonyl (C=O) groups excluding carboxylic acids is 1. The quantitative estimate of drug-likeness (QED) is 0.929. The first-order chi connectivity index (χ1) is 10.4. The molecular weight excluding hydrogens is 324 g/mol. The second kappa shape index (κ2) is 5.59. The van der Waals surface area contributed by atoms with E-state index in [9.17, 15) is 13.2 Å². The SMILES string of the molecule is CN(C(=O)Cc1c[nH]c2ccc(Cl)cc12)C1CCS(=O)(=O)C1. The molecule has 1 unspecified atom stereocenters. The molecule has 2 aromatic rings. The predicted octanol–water partition coefficient (Wildman–Crippen LogP) is 2.01. The molecular formula is C15H17ClN2O3S. The average Bonchev–Trinajstić information content (AvgIpc) is 3.01. The summed E-state index contributed by atoms with van der Waals surface area (Å²) < 4.78 is 23.1. The van der Waals surface area contributed by atoms with Crippen LogP contribution < -0.4 is 0 Å². The van der Waals surface area contributed by atoms with Crippen LogP contribution in [0.5, 0.6) is 0 Å². The lowest BCUT2D eigenvalue weighted by molar-refractivity contribution is -0.130. The number of H-pyrrole nitrogens is 1. The second-order valence-electron chi connectivity index (χ2n) is 5.74. The number of halogens is 1. The van der Waals surface area contributed by atoms with Gasteiger partial charge in [0.2, 0.25) is 5.91 Å². The number of sulfone groups is 1. The highest BCUT2D eigenvalue weighted by Crippen LogP contribution is 2.24. The molecule has 0 aliphatic carbocycles. The zero-order valence-electron chi connectivity index (χ0n) is 12.2. The normalized spacial score (nSPS) is 20.4. The summed E-state index contributed by atoms with van der Waals surface area (Å²) in [6, 6.07) is 5.28. The maximum absolute atomic E-state index is 12.4. The predicted molar refractivity (Wildman–Crippen MR) is 86.8 cm³/mol. The van der Waals surface area contributed by atoms with E-state index in [4.69, 9.17) is 11.6 Å². The van der Waals surface area contributed by atoms with E-state index in [1.165, 1.54) is 0 Å². The van der Waals surface area contributed by atoms with Crippen molar-refractivity contribution in [1.82, 2.24) is 9.88 Å². The van der Waals surface area contributed by atoms with Crippen molar-refractivity contribution in [2.45, 2.75) is 18.9 Å². The monoisotopic (exact) mass is 340 g/mol. The zero-order chi connectivity index (χ0) is 15.9. The molecule has 1 aliphatic heterocycles. The van der Waals surface area contributed by atoms with Crippen molar-refractivity contribution in [3.8, 4) is 0 Å². The molecule has 3 rings (SSSR count). The van der Waals surface area contributed by atoms with Crippen molar-refractivity contribution in [2.75, 3.05) is 18.6 Å². The largest absolute Gasteiger partial charge is 0.361 e. The van der Waals surface area contributed by atoms with Gasteiger partial charge in [0.05, 0.1) is 17.9 Å². The van der Waals surface area contributed by atoms with Gasteiger partial charge in [-0.25, -0.2) is 8.42 Å². The van der Waals surface area contributed by atoms with Crippen molar-refractivity contribution < 1.29 is 13.2 Å². The van der Waals surface area contributed by atoms with Gasteiger partial charge in [-0.15, -0.1) is 0 Å². The summed E-state index contributed by atoms with van der Waals surface area (Å²) in [5.74, 6) is 0.149. The summed E-state index contributed by atoms with van der Waals surface area (Å²) in [6.45, 7) is 0. The van der Waals surface area contributed by atoms with Crippen molar-refractivity contribution >= 4 is 38.2 Å². The molecule has 0 radical (unpaired) electrons. The highest BCUT2D eigenvalue weighted by molar-refractivity contribution is 7.91. The van der Waals surface area contributed by atoms with Crippen LogP contribution in [0.25, 0.3) is 10.9 Å². The third-order valence-corrected chi connectivity index (χ3v) is 6.21. The van der Waals surface area contributed by atoms with Gasteiger partial charge >= 0.3 is 0 Å². The molecule has 1 saturated heterocycles. The van der Waals surface area contributed by atoms with Gasteiger partial charge in [-0.1, -0.05) is 11.6 Å². The fourth-order valence-corrected chi connectivity index (χ4v) is 4.82. The Bertz CT molecular complexity index is 828. The maximum Gasteiger partial charge on any atom is 0.227 e. The van der Waals surface area contributed by atoms with E-state index in [-0.39, 0.29) is 29.9 Å².